The number of rotatable bonds is 4. The van der Waals surface area contributed by atoms with Gasteiger partial charge in [0.25, 0.3) is 0 Å². The lowest BCUT2D eigenvalue weighted by Gasteiger charge is -2.41. The zero-order valence-electron chi connectivity index (χ0n) is 11.7. The third-order valence-electron chi connectivity index (χ3n) is 4.71. The van der Waals surface area contributed by atoms with E-state index in [0.717, 1.165) is 18.8 Å². The molecule has 0 atom stereocenters. The van der Waals surface area contributed by atoms with Crippen LogP contribution in [0.25, 0.3) is 0 Å². The Balaban J connectivity index is 2.00. The van der Waals surface area contributed by atoms with Gasteiger partial charge in [-0.3, -0.25) is 4.98 Å². The SMILES string of the molecule is CCC1(CC)CCN(c2ccc(CN)nc2)CC1. The van der Waals surface area contributed by atoms with Gasteiger partial charge in [0.2, 0.25) is 0 Å². The Morgan fingerprint density at radius 2 is 1.89 bits per heavy atom. The molecule has 0 aromatic carbocycles. The van der Waals surface area contributed by atoms with E-state index in [9.17, 15) is 0 Å². The van der Waals surface area contributed by atoms with Crippen LogP contribution in [0.1, 0.15) is 45.2 Å². The zero-order chi connectivity index (χ0) is 13.0. The smallest absolute Gasteiger partial charge is 0.0552 e. The second kappa shape index (κ2) is 5.70. The maximum absolute atomic E-state index is 5.57. The average molecular weight is 247 g/mol. The van der Waals surface area contributed by atoms with Gasteiger partial charge < -0.3 is 10.6 Å². The van der Waals surface area contributed by atoms with E-state index in [1.807, 2.05) is 12.3 Å². The van der Waals surface area contributed by atoms with E-state index in [-0.39, 0.29) is 0 Å². The predicted octanol–water partition coefficient (Wildman–Crippen LogP) is 2.95. The molecule has 0 saturated carbocycles. The first-order valence-corrected chi connectivity index (χ1v) is 7.13. The first-order chi connectivity index (χ1) is 8.73. The Morgan fingerprint density at radius 3 is 2.33 bits per heavy atom. The van der Waals surface area contributed by atoms with Crippen LogP contribution in [-0.4, -0.2) is 18.1 Å². The molecule has 100 valence electrons. The van der Waals surface area contributed by atoms with E-state index < -0.39 is 0 Å². The van der Waals surface area contributed by atoms with E-state index in [1.165, 1.54) is 31.4 Å². The van der Waals surface area contributed by atoms with Crippen LogP contribution in [0.3, 0.4) is 0 Å². The van der Waals surface area contributed by atoms with Gasteiger partial charge in [0.1, 0.15) is 0 Å². The highest BCUT2D eigenvalue weighted by Gasteiger charge is 2.31. The molecule has 1 aliphatic rings. The molecule has 3 nitrogen and oxygen atoms in total. The van der Waals surface area contributed by atoms with Crippen LogP contribution < -0.4 is 10.6 Å². The molecule has 1 aromatic heterocycles. The van der Waals surface area contributed by atoms with Crippen molar-refractivity contribution >= 4 is 5.69 Å². The maximum Gasteiger partial charge on any atom is 0.0552 e. The molecule has 1 aliphatic heterocycles. The number of nitrogens with two attached hydrogens (primary N) is 1. The highest BCUT2D eigenvalue weighted by Crippen LogP contribution is 2.38. The van der Waals surface area contributed by atoms with Crippen molar-refractivity contribution < 1.29 is 0 Å². The normalized spacial score (nSPS) is 18.9. The number of nitrogens with zero attached hydrogens (tertiary/aromatic N) is 2. The monoisotopic (exact) mass is 247 g/mol. The third-order valence-corrected chi connectivity index (χ3v) is 4.71. The van der Waals surface area contributed by atoms with Gasteiger partial charge in [0.15, 0.2) is 0 Å². The van der Waals surface area contributed by atoms with Crippen LogP contribution in [-0.2, 0) is 6.54 Å². The topological polar surface area (TPSA) is 42.1 Å². The fourth-order valence-corrected chi connectivity index (χ4v) is 2.92. The molecule has 0 amide bonds. The molecule has 3 heteroatoms. The second-order valence-electron chi connectivity index (χ2n) is 5.41. The lowest BCUT2D eigenvalue weighted by Crippen LogP contribution is -2.39. The first kappa shape index (κ1) is 13.3. The Hall–Kier alpha value is -1.09. The predicted molar refractivity (Wildman–Crippen MR) is 76.6 cm³/mol. The molecule has 2 heterocycles. The molecule has 0 spiro atoms. The Morgan fingerprint density at radius 1 is 1.22 bits per heavy atom. The standard InChI is InChI=1S/C15H25N3/c1-3-15(4-2)7-9-18(10-8-15)14-6-5-13(11-16)17-12-14/h5-6,12H,3-4,7-11,16H2,1-2H3. The molecule has 2 N–H and O–H groups in total. The summed E-state index contributed by atoms with van der Waals surface area (Å²) in [6.45, 7) is 7.50. The molecule has 1 fully saturated rings. The summed E-state index contributed by atoms with van der Waals surface area (Å²) in [6.07, 6.45) is 7.19. The summed E-state index contributed by atoms with van der Waals surface area (Å²) >= 11 is 0. The highest BCUT2D eigenvalue weighted by molar-refractivity contribution is 5.45. The van der Waals surface area contributed by atoms with Crippen LogP contribution in [0.5, 0.6) is 0 Å². The molecule has 1 saturated heterocycles. The number of aromatic nitrogens is 1. The van der Waals surface area contributed by atoms with E-state index >= 15 is 0 Å². The molecule has 0 unspecified atom stereocenters. The van der Waals surface area contributed by atoms with Gasteiger partial charge in [0, 0.05) is 19.6 Å². The molecule has 2 rings (SSSR count). The summed E-state index contributed by atoms with van der Waals surface area (Å²) in [5, 5.41) is 0. The summed E-state index contributed by atoms with van der Waals surface area (Å²) < 4.78 is 0. The van der Waals surface area contributed by atoms with E-state index in [0.29, 0.717) is 12.0 Å². The molecule has 18 heavy (non-hydrogen) atoms. The minimum absolute atomic E-state index is 0.523. The molecule has 0 bridgehead atoms. The van der Waals surface area contributed by atoms with Crippen molar-refractivity contribution in [1.29, 1.82) is 0 Å². The lowest BCUT2D eigenvalue weighted by molar-refractivity contribution is 0.199. The van der Waals surface area contributed by atoms with Crippen molar-refractivity contribution in [3.63, 3.8) is 0 Å². The van der Waals surface area contributed by atoms with Gasteiger partial charge in [0.05, 0.1) is 17.6 Å². The number of hydrogen-bond acceptors (Lipinski definition) is 3. The van der Waals surface area contributed by atoms with Crippen molar-refractivity contribution in [3.8, 4) is 0 Å². The van der Waals surface area contributed by atoms with Gasteiger partial charge in [-0.05, 0) is 30.4 Å². The van der Waals surface area contributed by atoms with Crippen LogP contribution in [0.4, 0.5) is 5.69 Å². The Labute approximate surface area is 110 Å². The van der Waals surface area contributed by atoms with Crippen molar-refractivity contribution in [2.45, 2.75) is 46.1 Å². The van der Waals surface area contributed by atoms with Gasteiger partial charge >= 0.3 is 0 Å². The van der Waals surface area contributed by atoms with Crippen molar-refractivity contribution in [2.75, 3.05) is 18.0 Å². The van der Waals surface area contributed by atoms with Gasteiger partial charge in [-0.15, -0.1) is 0 Å². The van der Waals surface area contributed by atoms with Gasteiger partial charge in [-0.25, -0.2) is 0 Å². The molecular formula is C15H25N3. The average Bonchev–Trinajstić information content (AvgIpc) is 2.47. The molecule has 1 aromatic rings. The zero-order valence-corrected chi connectivity index (χ0v) is 11.7. The number of anilines is 1. The quantitative estimate of drug-likeness (QED) is 0.889. The van der Waals surface area contributed by atoms with E-state index in [1.54, 1.807) is 0 Å². The Kier molecular flexibility index (Phi) is 4.23. The van der Waals surface area contributed by atoms with E-state index in [2.05, 4.69) is 29.8 Å². The second-order valence-corrected chi connectivity index (χ2v) is 5.41. The molecular weight excluding hydrogens is 222 g/mol. The third kappa shape index (κ3) is 2.66. The van der Waals surface area contributed by atoms with Crippen molar-refractivity contribution in [2.24, 2.45) is 11.1 Å². The summed E-state index contributed by atoms with van der Waals surface area (Å²) in [4.78, 5) is 6.84. The van der Waals surface area contributed by atoms with Gasteiger partial charge in [-0.2, -0.15) is 0 Å². The summed E-state index contributed by atoms with van der Waals surface area (Å²) in [6, 6.07) is 4.19. The first-order valence-electron chi connectivity index (χ1n) is 7.13. The largest absolute Gasteiger partial charge is 0.370 e. The summed E-state index contributed by atoms with van der Waals surface area (Å²) in [5.41, 5.74) is 8.37. The maximum atomic E-state index is 5.57. The Bertz CT molecular complexity index is 358. The van der Waals surface area contributed by atoms with Crippen LogP contribution in [0, 0.1) is 5.41 Å². The van der Waals surface area contributed by atoms with E-state index in [4.69, 9.17) is 5.73 Å². The number of piperidine rings is 1. The summed E-state index contributed by atoms with van der Waals surface area (Å²) in [7, 11) is 0. The lowest BCUT2D eigenvalue weighted by atomic mass is 9.74. The fraction of sp³-hybridized carbons (Fsp3) is 0.667. The molecule has 0 aliphatic carbocycles. The minimum Gasteiger partial charge on any atom is -0.370 e. The summed E-state index contributed by atoms with van der Waals surface area (Å²) in [5.74, 6) is 0. The van der Waals surface area contributed by atoms with Gasteiger partial charge in [-0.1, -0.05) is 26.7 Å². The fourth-order valence-electron chi connectivity index (χ4n) is 2.92. The molecule has 0 radical (unpaired) electrons. The van der Waals surface area contributed by atoms with Crippen molar-refractivity contribution in [1.82, 2.24) is 4.98 Å². The van der Waals surface area contributed by atoms with Crippen molar-refractivity contribution in [3.05, 3.63) is 24.0 Å². The minimum atomic E-state index is 0.523. The van der Waals surface area contributed by atoms with Crippen LogP contribution in [0.2, 0.25) is 0 Å². The van der Waals surface area contributed by atoms with Crippen LogP contribution in [0.15, 0.2) is 18.3 Å². The number of pyridine rings is 1. The number of hydrogen-bond donors (Lipinski definition) is 1. The highest BCUT2D eigenvalue weighted by atomic mass is 15.1. The van der Waals surface area contributed by atoms with Crippen LogP contribution >= 0.6 is 0 Å².